The van der Waals surface area contributed by atoms with Gasteiger partial charge in [-0.05, 0) is 26.8 Å². The van der Waals surface area contributed by atoms with Crippen LogP contribution >= 0.6 is 0 Å². The number of rotatable bonds is 2. The fourth-order valence-corrected chi connectivity index (χ4v) is 2.26. The number of carbonyl (C=O) groups is 1. The molecule has 0 bridgehead atoms. The van der Waals surface area contributed by atoms with Crippen molar-refractivity contribution < 1.29 is 9.53 Å². The van der Waals surface area contributed by atoms with E-state index in [1.165, 1.54) is 0 Å². The summed E-state index contributed by atoms with van der Waals surface area (Å²) in [5.74, 6) is 0.524. The van der Waals surface area contributed by atoms with E-state index < -0.39 is 0 Å². The van der Waals surface area contributed by atoms with Crippen molar-refractivity contribution in [3.8, 4) is 0 Å². The van der Waals surface area contributed by atoms with Crippen molar-refractivity contribution in [3.05, 3.63) is 0 Å². The minimum atomic E-state index is -0.252. The first-order valence-corrected chi connectivity index (χ1v) is 5.35. The van der Waals surface area contributed by atoms with Gasteiger partial charge in [-0.25, -0.2) is 4.79 Å². The van der Waals surface area contributed by atoms with Crippen LogP contribution in [0.25, 0.3) is 0 Å². The number of likely N-dealkylation sites (tertiary alicyclic amines) is 1. The van der Waals surface area contributed by atoms with Gasteiger partial charge in [0.2, 0.25) is 0 Å². The molecule has 2 heterocycles. The predicted octanol–water partition coefficient (Wildman–Crippen LogP) is 0.825. The van der Waals surface area contributed by atoms with Crippen LogP contribution in [-0.2, 0) is 4.74 Å². The van der Waals surface area contributed by atoms with Crippen LogP contribution in [0.4, 0.5) is 4.79 Å². The molecule has 0 aromatic carbocycles. The van der Waals surface area contributed by atoms with E-state index in [1.54, 1.807) is 0 Å². The number of alkyl carbamates (subject to hydrolysis) is 1. The highest BCUT2D eigenvalue weighted by Gasteiger charge is 2.35. The van der Waals surface area contributed by atoms with Gasteiger partial charge in [0, 0.05) is 18.5 Å². The van der Waals surface area contributed by atoms with Gasteiger partial charge < -0.3 is 15.0 Å². The Morgan fingerprint density at radius 1 is 1.57 bits per heavy atom. The molecule has 2 aliphatic heterocycles. The van der Waals surface area contributed by atoms with Gasteiger partial charge in [0.1, 0.15) is 6.10 Å². The first-order chi connectivity index (χ1) is 6.66. The van der Waals surface area contributed by atoms with Crippen molar-refractivity contribution in [1.82, 2.24) is 10.2 Å². The average Bonchev–Trinajstić information content (AvgIpc) is 2.70. The van der Waals surface area contributed by atoms with Crippen molar-refractivity contribution in [1.29, 1.82) is 0 Å². The van der Waals surface area contributed by atoms with Crippen LogP contribution in [0.5, 0.6) is 0 Å². The van der Waals surface area contributed by atoms with E-state index in [2.05, 4.69) is 24.1 Å². The predicted molar refractivity (Wildman–Crippen MR) is 53.1 cm³/mol. The molecule has 0 aromatic rings. The van der Waals surface area contributed by atoms with Gasteiger partial charge in [-0.2, -0.15) is 0 Å². The Morgan fingerprint density at radius 2 is 2.36 bits per heavy atom. The maximum atomic E-state index is 10.9. The second kappa shape index (κ2) is 3.77. The lowest BCUT2D eigenvalue weighted by Gasteiger charge is -2.21. The Bertz CT molecular complexity index is 230. The van der Waals surface area contributed by atoms with E-state index in [0.29, 0.717) is 18.5 Å². The fraction of sp³-hybridized carbons (Fsp3) is 0.900. The van der Waals surface area contributed by atoms with Gasteiger partial charge in [0.05, 0.1) is 6.54 Å². The van der Waals surface area contributed by atoms with Crippen LogP contribution in [0.15, 0.2) is 0 Å². The topological polar surface area (TPSA) is 41.6 Å². The second-order valence-electron chi connectivity index (χ2n) is 4.46. The van der Waals surface area contributed by atoms with Crippen LogP contribution < -0.4 is 5.32 Å². The first kappa shape index (κ1) is 9.77. The molecule has 1 amide bonds. The van der Waals surface area contributed by atoms with Crippen molar-refractivity contribution in [2.45, 2.75) is 32.4 Å². The van der Waals surface area contributed by atoms with Crippen molar-refractivity contribution in [2.24, 2.45) is 5.92 Å². The van der Waals surface area contributed by atoms with Crippen LogP contribution in [-0.4, -0.2) is 42.8 Å². The summed E-state index contributed by atoms with van der Waals surface area (Å²) < 4.78 is 5.20. The standard InChI is InChI=1S/C10H18N2O2/c1-7(2)12-4-3-8(6-12)9-5-11-10(13)14-9/h7-9H,3-6H2,1-2H3,(H,11,13). The average molecular weight is 198 g/mol. The molecule has 2 atom stereocenters. The molecule has 0 spiro atoms. The molecule has 0 aromatic heterocycles. The van der Waals surface area contributed by atoms with Gasteiger partial charge in [0.15, 0.2) is 0 Å². The maximum Gasteiger partial charge on any atom is 0.407 e. The third-order valence-corrected chi connectivity index (χ3v) is 3.22. The van der Waals surface area contributed by atoms with E-state index in [9.17, 15) is 4.79 Å². The zero-order valence-electron chi connectivity index (χ0n) is 8.82. The zero-order valence-corrected chi connectivity index (χ0v) is 8.82. The molecule has 80 valence electrons. The lowest BCUT2D eigenvalue weighted by atomic mass is 10.0. The van der Waals surface area contributed by atoms with Crippen LogP contribution in [0, 0.1) is 5.92 Å². The molecular formula is C10H18N2O2. The Balaban J connectivity index is 1.86. The van der Waals surface area contributed by atoms with E-state index in [1.807, 2.05) is 0 Å². The van der Waals surface area contributed by atoms with Gasteiger partial charge >= 0.3 is 6.09 Å². The number of nitrogens with one attached hydrogen (secondary N) is 1. The Morgan fingerprint density at radius 3 is 2.86 bits per heavy atom. The maximum absolute atomic E-state index is 10.9. The lowest BCUT2D eigenvalue weighted by Crippen LogP contribution is -2.31. The summed E-state index contributed by atoms with van der Waals surface area (Å²) >= 11 is 0. The molecular weight excluding hydrogens is 180 g/mol. The molecule has 2 fully saturated rings. The molecule has 0 saturated carbocycles. The highest BCUT2D eigenvalue weighted by molar-refractivity contribution is 5.69. The van der Waals surface area contributed by atoms with Crippen molar-refractivity contribution in [2.75, 3.05) is 19.6 Å². The molecule has 14 heavy (non-hydrogen) atoms. The summed E-state index contributed by atoms with van der Waals surface area (Å²) in [6.07, 6.45) is 1.00. The fourth-order valence-electron chi connectivity index (χ4n) is 2.26. The summed E-state index contributed by atoms with van der Waals surface area (Å²) in [6.45, 7) is 7.31. The highest BCUT2D eigenvalue weighted by Crippen LogP contribution is 2.24. The lowest BCUT2D eigenvalue weighted by molar-refractivity contribution is 0.104. The Kier molecular flexibility index (Phi) is 2.63. The number of nitrogens with zero attached hydrogens (tertiary/aromatic N) is 1. The minimum Gasteiger partial charge on any atom is -0.444 e. The molecule has 2 aliphatic rings. The second-order valence-corrected chi connectivity index (χ2v) is 4.46. The molecule has 4 heteroatoms. The van der Waals surface area contributed by atoms with Gasteiger partial charge in [-0.3, -0.25) is 0 Å². The number of cyclic esters (lactones) is 1. The zero-order chi connectivity index (χ0) is 10.1. The van der Waals surface area contributed by atoms with Gasteiger partial charge in [-0.15, -0.1) is 0 Å². The summed E-state index contributed by atoms with van der Waals surface area (Å²) in [4.78, 5) is 13.3. The quantitative estimate of drug-likeness (QED) is 0.714. The largest absolute Gasteiger partial charge is 0.444 e. The number of ether oxygens (including phenoxy) is 1. The van der Waals surface area contributed by atoms with E-state index in [4.69, 9.17) is 4.74 Å². The number of carbonyl (C=O) groups excluding carboxylic acids is 1. The van der Waals surface area contributed by atoms with Gasteiger partial charge in [0.25, 0.3) is 0 Å². The normalized spacial score (nSPS) is 33.5. The summed E-state index contributed by atoms with van der Waals surface area (Å²) in [6, 6.07) is 0.602. The van der Waals surface area contributed by atoms with Crippen molar-refractivity contribution >= 4 is 6.09 Å². The first-order valence-electron chi connectivity index (χ1n) is 5.35. The summed E-state index contributed by atoms with van der Waals surface area (Å²) in [5, 5.41) is 2.71. The molecule has 0 aliphatic carbocycles. The van der Waals surface area contributed by atoms with E-state index in [-0.39, 0.29) is 12.2 Å². The van der Waals surface area contributed by atoms with Crippen molar-refractivity contribution in [3.63, 3.8) is 0 Å². The molecule has 0 radical (unpaired) electrons. The smallest absolute Gasteiger partial charge is 0.407 e. The molecule has 2 saturated heterocycles. The van der Waals surface area contributed by atoms with E-state index >= 15 is 0 Å². The van der Waals surface area contributed by atoms with Crippen LogP contribution in [0.1, 0.15) is 20.3 Å². The summed E-state index contributed by atoms with van der Waals surface area (Å²) in [5.41, 5.74) is 0. The SMILES string of the molecule is CC(C)N1CCC(C2CNC(=O)O2)C1. The number of hydrogen-bond acceptors (Lipinski definition) is 3. The van der Waals surface area contributed by atoms with E-state index in [0.717, 1.165) is 19.5 Å². The molecule has 2 unspecified atom stereocenters. The molecule has 1 N–H and O–H groups in total. The van der Waals surface area contributed by atoms with Crippen LogP contribution in [0.3, 0.4) is 0 Å². The minimum absolute atomic E-state index is 0.103. The third kappa shape index (κ3) is 1.85. The number of amides is 1. The van der Waals surface area contributed by atoms with Gasteiger partial charge in [-0.1, -0.05) is 0 Å². The monoisotopic (exact) mass is 198 g/mol. The van der Waals surface area contributed by atoms with Crippen LogP contribution in [0.2, 0.25) is 0 Å². The number of hydrogen-bond donors (Lipinski definition) is 1. The summed E-state index contributed by atoms with van der Waals surface area (Å²) in [7, 11) is 0. The Hall–Kier alpha value is -0.770. The third-order valence-electron chi connectivity index (χ3n) is 3.22. The Labute approximate surface area is 84.6 Å². The molecule has 2 rings (SSSR count). The molecule has 4 nitrogen and oxygen atoms in total. The highest BCUT2D eigenvalue weighted by atomic mass is 16.6.